The summed E-state index contributed by atoms with van der Waals surface area (Å²) < 4.78 is 13.4. The summed E-state index contributed by atoms with van der Waals surface area (Å²) in [6.07, 6.45) is 1.86. The molecule has 144 valence electrons. The van der Waals surface area contributed by atoms with E-state index < -0.39 is 12.0 Å². The summed E-state index contributed by atoms with van der Waals surface area (Å²) in [6, 6.07) is 13.2. The molecule has 0 spiro atoms. The van der Waals surface area contributed by atoms with Gasteiger partial charge in [0.05, 0.1) is 17.6 Å². The number of fused-ring (bicyclic) bond motifs is 3. The van der Waals surface area contributed by atoms with E-state index in [-0.39, 0.29) is 23.7 Å². The number of hydrogen-bond acceptors (Lipinski definition) is 4. The molecule has 0 aliphatic carbocycles. The number of benzene rings is 2. The maximum absolute atomic E-state index is 13.4. The molecule has 5 rings (SSSR count). The Labute approximate surface area is 163 Å². The Morgan fingerprint density at radius 3 is 2.18 bits per heavy atom. The van der Waals surface area contributed by atoms with Crippen molar-refractivity contribution in [3.8, 4) is 0 Å². The van der Waals surface area contributed by atoms with Gasteiger partial charge in [0.2, 0.25) is 5.91 Å². The second kappa shape index (κ2) is 6.50. The molecule has 6 heteroatoms. The van der Waals surface area contributed by atoms with Crippen LogP contribution in [0, 0.1) is 11.7 Å². The first-order valence-corrected chi connectivity index (χ1v) is 9.85. The molecule has 0 radical (unpaired) electrons. The molecule has 5 nitrogen and oxygen atoms in total. The Balaban J connectivity index is 1.55. The molecule has 2 amide bonds. The molecule has 0 saturated carbocycles. The quantitative estimate of drug-likeness (QED) is 0.770. The van der Waals surface area contributed by atoms with Crippen LogP contribution in [-0.4, -0.2) is 41.0 Å². The summed E-state index contributed by atoms with van der Waals surface area (Å²) in [7, 11) is 0. The van der Waals surface area contributed by atoms with Gasteiger partial charge in [0.15, 0.2) is 0 Å². The number of amides is 2. The van der Waals surface area contributed by atoms with Crippen LogP contribution in [0.25, 0.3) is 0 Å². The summed E-state index contributed by atoms with van der Waals surface area (Å²) >= 11 is 0. The largest absolute Gasteiger partial charge is 0.274 e. The van der Waals surface area contributed by atoms with Gasteiger partial charge in [0, 0.05) is 13.1 Å². The number of carbonyl (C=O) groups excluding carboxylic acids is 2. The molecule has 0 unspecified atom stereocenters. The van der Waals surface area contributed by atoms with Crippen molar-refractivity contribution in [1.82, 2.24) is 10.0 Å². The van der Waals surface area contributed by atoms with Crippen LogP contribution in [0.4, 0.5) is 10.1 Å². The minimum atomic E-state index is -0.476. The maximum Gasteiger partial charge on any atom is 0.253 e. The van der Waals surface area contributed by atoms with Crippen LogP contribution < -0.4 is 4.90 Å². The third-order valence-corrected chi connectivity index (χ3v) is 6.22. The van der Waals surface area contributed by atoms with Crippen LogP contribution >= 0.6 is 0 Å². The van der Waals surface area contributed by atoms with Crippen LogP contribution in [0.1, 0.15) is 30.5 Å². The molecular weight excluding hydrogens is 357 g/mol. The predicted molar refractivity (Wildman–Crippen MR) is 103 cm³/mol. The number of hydrogen-bond donors (Lipinski definition) is 0. The van der Waals surface area contributed by atoms with E-state index in [2.05, 4.69) is 16.9 Å². The van der Waals surface area contributed by atoms with Gasteiger partial charge in [0.1, 0.15) is 11.9 Å². The fourth-order valence-corrected chi connectivity index (χ4v) is 4.91. The number of hydrazine groups is 1. The van der Waals surface area contributed by atoms with Crippen LogP contribution in [0.5, 0.6) is 0 Å². The summed E-state index contributed by atoms with van der Waals surface area (Å²) in [6.45, 7) is 3.64. The first kappa shape index (κ1) is 17.5. The van der Waals surface area contributed by atoms with Crippen molar-refractivity contribution in [1.29, 1.82) is 0 Å². The lowest BCUT2D eigenvalue weighted by molar-refractivity contribution is -0.126. The van der Waals surface area contributed by atoms with Crippen molar-refractivity contribution in [3.63, 3.8) is 0 Å². The van der Waals surface area contributed by atoms with Crippen molar-refractivity contribution in [2.75, 3.05) is 18.0 Å². The molecule has 0 bridgehead atoms. The zero-order valence-corrected chi connectivity index (χ0v) is 15.7. The molecule has 3 saturated heterocycles. The van der Waals surface area contributed by atoms with E-state index in [1.54, 1.807) is 12.1 Å². The second-order valence-corrected chi connectivity index (χ2v) is 7.68. The number of carbonyl (C=O) groups is 2. The smallest absolute Gasteiger partial charge is 0.253 e. The molecule has 2 aromatic rings. The molecule has 3 aliphatic heterocycles. The zero-order valence-electron chi connectivity index (χ0n) is 15.7. The van der Waals surface area contributed by atoms with Gasteiger partial charge in [-0.1, -0.05) is 31.2 Å². The summed E-state index contributed by atoms with van der Waals surface area (Å²) in [5, 5.41) is 4.19. The maximum atomic E-state index is 13.4. The number of imide groups is 1. The first-order valence-electron chi connectivity index (χ1n) is 9.85. The van der Waals surface area contributed by atoms with Crippen molar-refractivity contribution < 1.29 is 14.0 Å². The highest BCUT2D eigenvalue weighted by atomic mass is 19.1. The lowest BCUT2D eigenvalue weighted by Gasteiger charge is -2.29. The molecule has 3 atom stereocenters. The number of rotatable bonds is 3. The first-order chi connectivity index (χ1) is 13.6. The van der Waals surface area contributed by atoms with Gasteiger partial charge >= 0.3 is 0 Å². The fourth-order valence-electron chi connectivity index (χ4n) is 4.91. The molecular formula is C22H22FN3O2. The van der Waals surface area contributed by atoms with Gasteiger partial charge in [-0.15, -0.1) is 0 Å². The molecule has 28 heavy (non-hydrogen) atoms. The summed E-state index contributed by atoms with van der Waals surface area (Å²) in [5.74, 6) is -1.09. The van der Waals surface area contributed by atoms with Gasteiger partial charge in [0.25, 0.3) is 5.91 Å². The fraction of sp³-hybridized carbons (Fsp3) is 0.364. The summed E-state index contributed by atoms with van der Waals surface area (Å²) in [5.41, 5.74) is 2.67. The van der Waals surface area contributed by atoms with E-state index in [0.29, 0.717) is 5.69 Å². The molecule has 3 aliphatic rings. The second-order valence-electron chi connectivity index (χ2n) is 7.68. The predicted octanol–water partition coefficient (Wildman–Crippen LogP) is 2.92. The minimum Gasteiger partial charge on any atom is -0.274 e. The van der Waals surface area contributed by atoms with Crippen LogP contribution in [-0.2, 0) is 16.0 Å². The van der Waals surface area contributed by atoms with Gasteiger partial charge in [-0.3, -0.25) is 9.59 Å². The van der Waals surface area contributed by atoms with Crippen molar-refractivity contribution in [2.24, 2.45) is 5.92 Å². The monoisotopic (exact) mass is 379 g/mol. The molecule has 0 aromatic heterocycles. The molecule has 0 N–H and O–H groups in total. The lowest BCUT2D eigenvalue weighted by atomic mass is 9.90. The summed E-state index contributed by atoms with van der Waals surface area (Å²) in [4.78, 5) is 28.1. The third kappa shape index (κ3) is 2.45. The van der Waals surface area contributed by atoms with E-state index in [1.165, 1.54) is 17.0 Å². The Morgan fingerprint density at radius 2 is 1.54 bits per heavy atom. The normalized spacial score (nSPS) is 27.5. The number of halogens is 1. The number of anilines is 1. The lowest BCUT2D eigenvalue weighted by Crippen LogP contribution is -2.44. The van der Waals surface area contributed by atoms with Crippen LogP contribution in [0.3, 0.4) is 0 Å². The Morgan fingerprint density at radius 1 is 0.893 bits per heavy atom. The van der Waals surface area contributed by atoms with E-state index in [0.717, 1.165) is 37.1 Å². The number of nitrogens with zero attached hydrogens (tertiary/aromatic N) is 3. The Kier molecular flexibility index (Phi) is 4.07. The van der Waals surface area contributed by atoms with Crippen molar-refractivity contribution in [2.45, 2.75) is 31.8 Å². The number of aryl methyl sites for hydroxylation is 1. The van der Waals surface area contributed by atoms with E-state index in [4.69, 9.17) is 0 Å². The van der Waals surface area contributed by atoms with Gasteiger partial charge < -0.3 is 0 Å². The average molecular weight is 379 g/mol. The van der Waals surface area contributed by atoms with E-state index >= 15 is 0 Å². The molecule has 3 heterocycles. The van der Waals surface area contributed by atoms with E-state index in [9.17, 15) is 14.0 Å². The molecule has 2 aromatic carbocycles. The van der Waals surface area contributed by atoms with Gasteiger partial charge in [-0.05, 0) is 48.2 Å². The van der Waals surface area contributed by atoms with Crippen molar-refractivity contribution in [3.05, 3.63) is 65.5 Å². The van der Waals surface area contributed by atoms with Crippen LogP contribution in [0.2, 0.25) is 0 Å². The highest BCUT2D eigenvalue weighted by Crippen LogP contribution is 2.48. The highest BCUT2D eigenvalue weighted by Gasteiger charge is 2.62. The van der Waals surface area contributed by atoms with Gasteiger partial charge in [-0.25, -0.2) is 19.3 Å². The van der Waals surface area contributed by atoms with E-state index in [1.807, 2.05) is 24.3 Å². The SMILES string of the molecule is CCc1ccc(N2C(=O)[C@@H]3[C@H](C2=O)N2CCCN2[C@H]3c2ccc(F)cc2)cc1. The third-order valence-electron chi connectivity index (χ3n) is 6.22. The highest BCUT2D eigenvalue weighted by molar-refractivity contribution is 6.24. The standard InChI is InChI=1S/C22H22FN3O2/c1-2-14-4-10-17(11-5-14)26-21(27)18-19(15-6-8-16(23)9-7-15)24-12-3-13-25(24)20(18)22(26)28/h4-11,18-20H,2-3,12-13H2,1H3/t18-,19-,20+/m0/s1. The van der Waals surface area contributed by atoms with Gasteiger partial charge in [-0.2, -0.15) is 0 Å². The topological polar surface area (TPSA) is 43.9 Å². The van der Waals surface area contributed by atoms with Crippen LogP contribution in [0.15, 0.2) is 48.5 Å². The zero-order chi connectivity index (χ0) is 19.4. The Bertz CT molecular complexity index is 928. The minimum absolute atomic E-state index is 0.157. The van der Waals surface area contributed by atoms with Crippen molar-refractivity contribution >= 4 is 17.5 Å². The Hall–Kier alpha value is -2.57. The molecule has 3 fully saturated rings. The average Bonchev–Trinajstić information content (AvgIpc) is 3.35.